The molecule has 0 atom stereocenters. The lowest BCUT2D eigenvalue weighted by Crippen LogP contribution is -2.42. The third-order valence-corrected chi connectivity index (χ3v) is 5.66. The summed E-state index contributed by atoms with van der Waals surface area (Å²) < 4.78 is 43.1. The number of anilines is 1. The minimum absolute atomic E-state index is 0.0306. The Hall–Kier alpha value is -3.29. The van der Waals surface area contributed by atoms with Gasteiger partial charge < -0.3 is 9.88 Å². The van der Waals surface area contributed by atoms with Crippen LogP contribution in [0.15, 0.2) is 34.1 Å². The van der Waals surface area contributed by atoms with Crippen LogP contribution in [-0.4, -0.2) is 52.7 Å². The zero-order valence-electron chi connectivity index (χ0n) is 18.0. The maximum atomic E-state index is 13.2. The molecule has 4 aromatic rings. The number of hydrogen-bond donors (Lipinski definition) is 1. The summed E-state index contributed by atoms with van der Waals surface area (Å²) in [4.78, 5) is 36.8. The molecule has 0 unspecified atom stereocenters. The number of aryl methyl sites for hydroxylation is 1. The molecule has 10 nitrogen and oxygen atoms in total. The van der Waals surface area contributed by atoms with Crippen LogP contribution in [0.25, 0.3) is 16.9 Å². The summed E-state index contributed by atoms with van der Waals surface area (Å²) in [5.74, 6) is -1.66. The van der Waals surface area contributed by atoms with E-state index in [0.29, 0.717) is 21.8 Å². The van der Waals surface area contributed by atoms with Crippen molar-refractivity contribution in [1.82, 2.24) is 34.1 Å². The Labute approximate surface area is 199 Å². The highest BCUT2D eigenvalue weighted by Crippen LogP contribution is 2.24. The number of unbranched alkanes of at least 4 members (excludes halogenated alkanes) is 2. The van der Waals surface area contributed by atoms with E-state index in [2.05, 4.69) is 48.0 Å². The second-order valence-corrected chi connectivity index (χ2v) is 8.30. The molecular formula is C20H20BrF3N8O2. The van der Waals surface area contributed by atoms with Crippen molar-refractivity contribution in [1.29, 1.82) is 0 Å². The van der Waals surface area contributed by atoms with E-state index in [-0.39, 0.29) is 35.8 Å². The smallest absolute Gasteiger partial charge is 0.327 e. The molecule has 0 fully saturated rings. The Morgan fingerprint density at radius 1 is 1.21 bits per heavy atom. The van der Waals surface area contributed by atoms with Crippen molar-refractivity contribution in [2.75, 3.05) is 11.4 Å². The monoisotopic (exact) mass is 540 g/mol. The fraction of sp³-hybridized carbons (Fsp3) is 0.400. The summed E-state index contributed by atoms with van der Waals surface area (Å²) in [6.07, 6.45) is 0.118. The minimum atomic E-state index is -5.07. The maximum Gasteiger partial charge on any atom is 0.471 e. The average Bonchev–Trinajstić information content (AvgIpc) is 3.40. The summed E-state index contributed by atoms with van der Waals surface area (Å²) in [6, 6.07) is 2.61. The molecule has 0 bridgehead atoms. The number of halogens is 4. The van der Waals surface area contributed by atoms with E-state index in [1.165, 1.54) is 28.9 Å². The van der Waals surface area contributed by atoms with Crippen LogP contribution in [0, 0.1) is 0 Å². The van der Waals surface area contributed by atoms with Gasteiger partial charge in [-0.15, -0.1) is 10.2 Å². The first kappa shape index (κ1) is 23.9. The molecule has 180 valence electrons. The van der Waals surface area contributed by atoms with Crippen LogP contribution >= 0.6 is 15.9 Å². The number of carbonyl (C=O) groups is 1. The highest BCUT2D eigenvalue weighted by molar-refractivity contribution is 9.10. The first-order valence-electron chi connectivity index (χ1n) is 10.5. The number of nitrogens with one attached hydrogen (secondary N) is 1. The van der Waals surface area contributed by atoms with E-state index < -0.39 is 17.6 Å². The molecule has 1 amide bonds. The summed E-state index contributed by atoms with van der Waals surface area (Å²) in [6.45, 7) is 2.22. The third-order valence-electron chi connectivity index (χ3n) is 5.29. The van der Waals surface area contributed by atoms with Crippen molar-refractivity contribution in [2.24, 2.45) is 0 Å². The molecule has 0 aliphatic rings. The molecule has 34 heavy (non-hydrogen) atoms. The topological polar surface area (TPSA) is 114 Å². The number of imidazole rings is 1. The van der Waals surface area contributed by atoms with E-state index in [0.717, 1.165) is 19.3 Å². The Kier molecular flexibility index (Phi) is 6.68. The lowest BCUT2D eigenvalue weighted by Gasteiger charge is -2.23. The molecule has 0 aliphatic carbocycles. The number of alkyl halides is 3. The summed E-state index contributed by atoms with van der Waals surface area (Å²) in [5.41, 5.74) is 0.176. The second-order valence-electron chi connectivity index (χ2n) is 7.55. The van der Waals surface area contributed by atoms with Crippen molar-refractivity contribution in [3.05, 3.63) is 45.4 Å². The lowest BCUT2D eigenvalue weighted by atomic mass is 10.2. The van der Waals surface area contributed by atoms with Gasteiger partial charge in [-0.05, 0) is 34.5 Å². The predicted molar refractivity (Wildman–Crippen MR) is 120 cm³/mol. The molecular weight excluding hydrogens is 521 g/mol. The summed E-state index contributed by atoms with van der Waals surface area (Å²) >= 11 is 3.24. The number of aromatic nitrogens is 7. The number of nitrogens with zero attached hydrogens (tertiary/aromatic N) is 7. The first-order chi connectivity index (χ1) is 16.2. The Morgan fingerprint density at radius 2 is 1.94 bits per heavy atom. The van der Waals surface area contributed by atoms with Gasteiger partial charge in [-0.3, -0.25) is 19.1 Å². The first-order valence-corrected chi connectivity index (χ1v) is 11.3. The number of H-pyrrole nitrogens is 1. The van der Waals surface area contributed by atoms with Gasteiger partial charge in [-0.1, -0.05) is 19.8 Å². The van der Waals surface area contributed by atoms with Gasteiger partial charge in [-0.25, -0.2) is 9.38 Å². The third kappa shape index (κ3) is 4.54. The van der Waals surface area contributed by atoms with Crippen molar-refractivity contribution >= 4 is 44.5 Å². The average molecular weight is 541 g/mol. The van der Waals surface area contributed by atoms with Crippen LogP contribution in [0.1, 0.15) is 32.0 Å². The fourth-order valence-electron chi connectivity index (χ4n) is 3.70. The molecule has 0 aromatic carbocycles. The number of pyridine rings is 1. The van der Waals surface area contributed by atoms with Crippen LogP contribution in [0.2, 0.25) is 0 Å². The highest BCUT2D eigenvalue weighted by Gasteiger charge is 2.43. The van der Waals surface area contributed by atoms with Gasteiger partial charge in [0.15, 0.2) is 15.9 Å². The standard InChI is InChI=1S/C20H20BrF3N8O2/c1-2-3-4-10-31-15-14(26-18(21)27-15)16(33)32-13(28-29-19(31)32)7-11-30(17(34)20(22,23)24)12-5-8-25-9-6-12/h5-6,8-9H,2-4,7,10-11H2,1H3,(H,26,27). The van der Waals surface area contributed by atoms with Crippen LogP contribution in [0.5, 0.6) is 0 Å². The number of fused-ring (bicyclic) bond motifs is 2. The molecule has 0 saturated heterocycles. The molecule has 0 spiro atoms. The van der Waals surface area contributed by atoms with Gasteiger partial charge in [0.25, 0.3) is 5.56 Å². The molecule has 0 saturated carbocycles. The van der Waals surface area contributed by atoms with Crippen molar-refractivity contribution in [3.8, 4) is 0 Å². The van der Waals surface area contributed by atoms with E-state index in [1.807, 2.05) is 0 Å². The number of carbonyl (C=O) groups excluding carboxylic acids is 1. The van der Waals surface area contributed by atoms with Gasteiger partial charge >= 0.3 is 12.1 Å². The van der Waals surface area contributed by atoms with Crippen LogP contribution in [0.3, 0.4) is 0 Å². The fourth-order valence-corrected chi connectivity index (χ4v) is 4.07. The van der Waals surface area contributed by atoms with Crippen molar-refractivity contribution in [3.63, 3.8) is 0 Å². The van der Waals surface area contributed by atoms with Gasteiger partial charge in [0.2, 0.25) is 5.78 Å². The van der Waals surface area contributed by atoms with Crippen molar-refractivity contribution < 1.29 is 18.0 Å². The van der Waals surface area contributed by atoms with Gasteiger partial charge in [0.05, 0.1) is 0 Å². The SMILES string of the molecule is CCCCCn1c2nc(Br)[nH]c2c(=O)n2c(CCN(C(=O)C(F)(F)F)c3ccncc3)nnc12. The minimum Gasteiger partial charge on any atom is -0.327 e. The molecule has 4 heterocycles. The number of rotatable bonds is 8. The highest BCUT2D eigenvalue weighted by atomic mass is 79.9. The largest absolute Gasteiger partial charge is 0.471 e. The van der Waals surface area contributed by atoms with E-state index in [4.69, 9.17) is 0 Å². The predicted octanol–water partition coefficient (Wildman–Crippen LogP) is 3.25. The van der Waals surface area contributed by atoms with Gasteiger partial charge in [0, 0.05) is 37.6 Å². The zero-order chi connectivity index (χ0) is 24.5. The molecule has 14 heteroatoms. The number of aromatic amines is 1. The van der Waals surface area contributed by atoms with Gasteiger partial charge in [-0.2, -0.15) is 13.2 Å². The summed E-state index contributed by atoms with van der Waals surface area (Å²) in [5, 5.41) is 8.20. The molecule has 4 aromatic heterocycles. The summed E-state index contributed by atoms with van der Waals surface area (Å²) in [7, 11) is 0. The number of amides is 1. The zero-order valence-corrected chi connectivity index (χ0v) is 19.6. The van der Waals surface area contributed by atoms with E-state index in [9.17, 15) is 22.8 Å². The van der Waals surface area contributed by atoms with E-state index in [1.54, 1.807) is 4.57 Å². The molecule has 0 radical (unpaired) electrons. The molecule has 4 rings (SSSR count). The molecule has 0 aliphatic heterocycles. The van der Waals surface area contributed by atoms with Crippen LogP contribution < -0.4 is 10.5 Å². The van der Waals surface area contributed by atoms with Crippen LogP contribution in [0.4, 0.5) is 18.9 Å². The quantitative estimate of drug-likeness (QED) is 0.271. The van der Waals surface area contributed by atoms with Crippen LogP contribution in [-0.2, 0) is 17.8 Å². The van der Waals surface area contributed by atoms with Gasteiger partial charge in [0.1, 0.15) is 5.82 Å². The molecule has 1 N–H and O–H groups in total. The maximum absolute atomic E-state index is 13.2. The second kappa shape index (κ2) is 9.52. The van der Waals surface area contributed by atoms with E-state index >= 15 is 0 Å². The normalized spacial score (nSPS) is 12.0. The number of hydrogen-bond acceptors (Lipinski definition) is 6. The Bertz CT molecular complexity index is 1380. The Morgan fingerprint density at radius 3 is 2.62 bits per heavy atom. The van der Waals surface area contributed by atoms with Crippen molar-refractivity contribution in [2.45, 2.75) is 45.3 Å². The Balaban J connectivity index is 1.74. The lowest BCUT2D eigenvalue weighted by molar-refractivity contribution is -0.170.